The first-order chi connectivity index (χ1) is 15.3. The molecule has 2 heterocycles. The zero-order chi connectivity index (χ0) is 21.3. The number of rotatable bonds is 9. The fraction of sp³-hybridized carbons (Fsp3) is 0.462. The molecule has 2 saturated heterocycles. The van der Waals surface area contributed by atoms with E-state index in [9.17, 15) is 0 Å². The third kappa shape index (κ3) is 6.82. The normalized spacial score (nSPS) is 21.4. The molecule has 31 heavy (non-hydrogen) atoms. The maximum atomic E-state index is 6.11. The number of benzene rings is 2. The molecule has 0 amide bonds. The third-order valence-electron chi connectivity index (χ3n) is 5.50. The van der Waals surface area contributed by atoms with Crippen LogP contribution < -0.4 is 9.47 Å². The average molecular weight is 425 g/mol. The van der Waals surface area contributed by atoms with E-state index in [0.717, 1.165) is 79.9 Å². The second-order valence-corrected chi connectivity index (χ2v) is 8.08. The summed E-state index contributed by atoms with van der Waals surface area (Å²) in [5.41, 5.74) is 3.23. The molecular formula is C26H32O5. The van der Waals surface area contributed by atoms with E-state index < -0.39 is 0 Å². The Balaban J connectivity index is 1.41. The van der Waals surface area contributed by atoms with Gasteiger partial charge in [-0.15, -0.1) is 0 Å². The van der Waals surface area contributed by atoms with Crippen LogP contribution >= 0.6 is 0 Å². The molecule has 2 aromatic carbocycles. The molecular weight excluding hydrogens is 392 g/mol. The molecule has 2 unspecified atom stereocenters. The summed E-state index contributed by atoms with van der Waals surface area (Å²) in [5.74, 6) is 1.49. The van der Waals surface area contributed by atoms with Crippen molar-refractivity contribution in [2.24, 2.45) is 0 Å². The van der Waals surface area contributed by atoms with Crippen molar-refractivity contribution in [1.82, 2.24) is 0 Å². The predicted octanol–water partition coefficient (Wildman–Crippen LogP) is 5.86. The van der Waals surface area contributed by atoms with E-state index in [0.29, 0.717) is 13.2 Å². The van der Waals surface area contributed by atoms with Crippen LogP contribution in [0.4, 0.5) is 0 Å². The fourth-order valence-corrected chi connectivity index (χ4v) is 3.80. The quantitative estimate of drug-likeness (QED) is 0.505. The van der Waals surface area contributed by atoms with Crippen molar-refractivity contribution in [1.29, 1.82) is 0 Å². The van der Waals surface area contributed by atoms with Gasteiger partial charge in [0, 0.05) is 18.9 Å². The molecule has 0 radical (unpaired) electrons. The minimum atomic E-state index is -0.202. The van der Waals surface area contributed by atoms with Crippen LogP contribution in [0.5, 0.6) is 11.5 Å². The maximum Gasteiger partial charge on any atom is 0.199 e. The van der Waals surface area contributed by atoms with Crippen LogP contribution in [0.3, 0.4) is 0 Å². The molecule has 0 N–H and O–H groups in total. The molecule has 2 aromatic rings. The third-order valence-corrected chi connectivity index (χ3v) is 5.50. The molecule has 0 aliphatic carbocycles. The number of ether oxygens (including phenoxy) is 5. The molecule has 2 atom stereocenters. The van der Waals surface area contributed by atoms with E-state index in [1.165, 1.54) is 0 Å². The zero-order valence-electron chi connectivity index (χ0n) is 18.1. The SMILES string of the molecule is C=Cc1ccc(COCc2cc(OC3CCCCO3)cc(OC3CCCCO3)c2)cc1. The fourth-order valence-electron chi connectivity index (χ4n) is 3.80. The Hall–Kier alpha value is -2.34. The van der Waals surface area contributed by atoms with Gasteiger partial charge in [-0.05, 0) is 54.5 Å². The van der Waals surface area contributed by atoms with Crippen molar-refractivity contribution in [3.63, 3.8) is 0 Å². The van der Waals surface area contributed by atoms with Crippen LogP contribution in [0.15, 0.2) is 49.0 Å². The van der Waals surface area contributed by atoms with Gasteiger partial charge in [0.05, 0.1) is 26.4 Å². The molecule has 2 fully saturated rings. The topological polar surface area (TPSA) is 46.2 Å². The van der Waals surface area contributed by atoms with Crippen LogP contribution in [-0.4, -0.2) is 25.8 Å². The molecule has 4 rings (SSSR count). The summed E-state index contributed by atoms with van der Waals surface area (Å²) >= 11 is 0. The molecule has 2 aliphatic heterocycles. The molecule has 0 spiro atoms. The molecule has 2 aliphatic rings. The first-order valence-electron chi connectivity index (χ1n) is 11.3. The highest BCUT2D eigenvalue weighted by Crippen LogP contribution is 2.28. The van der Waals surface area contributed by atoms with E-state index >= 15 is 0 Å². The van der Waals surface area contributed by atoms with Gasteiger partial charge in [0.25, 0.3) is 0 Å². The van der Waals surface area contributed by atoms with Crippen LogP contribution in [0, 0.1) is 0 Å². The van der Waals surface area contributed by atoms with Gasteiger partial charge in [0.1, 0.15) is 11.5 Å². The Bertz CT molecular complexity index is 782. The van der Waals surface area contributed by atoms with Gasteiger partial charge in [0.15, 0.2) is 12.6 Å². The second kappa shape index (κ2) is 11.3. The minimum absolute atomic E-state index is 0.202. The predicted molar refractivity (Wildman–Crippen MR) is 120 cm³/mol. The maximum absolute atomic E-state index is 6.11. The summed E-state index contributed by atoms with van der Waals surface area (Å²) in [4.78, 5) is 0. The monoisotopic (exact) mass is 424 g/mol. The first-order valence-corrected chi connectivity index (χ1v) is 11.3. The van der Waals surface area contributed by atoms with Crippen molar-refractivity contribution < 1.29 is 23.7 Å². The minimum Gasteiger partial charge on any atom is -0.465 e. The first kappa shape index (κ1) is 21.9. The van der Waals surface area contributed by atoms with Crippen molar-refractivity contribution in [2.75, 3.05) is 13.2 Å². The Kier molecular flexibility index (Phi) is 7.99. The number of hydrogen-bond donors (Lipinski definition) is 0. The molecule has 5 heteroatoms. The second-order valence-electron chi connectivity index (χ2n) is 8.08. The lowest BCUT2D eigenvalue weighted by Crippen LogP contribution is -2.26. The largest absolute Gasteiger partial charge is 0.465 e. The van der Waals surface area contributed by atoms with Crippen molar-refractivity contribution >= 4 is 6.08 Å². The molecule has 0 saturated carbocycles. The molecule has 166 valence electrons. The van der Waals surface area contributed by atoms with Crippen LogP contribution in [0.1, 0.15) is 55.2 Å². The smallest absolute Gasteiger partial charge is 0.199 e. The number of hydrogen-bond acceptors (Lipinski definition) is 5. The van der Waals surface area contributed by atoms with E-state index in [4.69, 9.17) is 23.7 Å². The van der Waals surface area contributed by atoms with Gasteiger partial charge in [-0.2, -0.15) is 0 Å². The Morgan fingerprint density at radius 3 is 1.87 bits per heavy atom. The molecule has 0 bridgehead atoms. The van der Waals surface area contributed by atoms with E-state index in [1.54, 1.807) is 0 Å². The van der Waals surface area contributed by atoms with Gasteiger partial charge in [-0.3, -0.25) is 0 Å². The summed E-state index contributed by atoms with van der Waals surface area (Å²) in [5, 5.41) is 0. The summed E-state index contributed by atoms with van der Waals surface area (Å²) in [6.45, 7) is 6.29. The lowest BCUT2D eigenvalue weighted by Gasteiger charge is -2.26. The highest BCUT2D eigenvalue weighted by molar-refractivity contribution is 5.47. The summed E-state index contributed by atoms with van der Waals surface area (Å²) < 4.78 is 29.7. The van der Waals surface area contributed by atoms with Gasteiger partial charge < -0.3 is 23.7 Å². The lowest BCUT2D eigenvalue weighted by atomic mass is 10.1. The molecule has 5 nitrogen and oxygen atoms in total. The van der Waals surface area contributed by atoms with E-state index in [-0.39, 0.29) is 12.6 Å². The van der Waals surface area contributed by atoms with E-state index in [2.05, 4.69) is 18.7 Å². The zero-order valence-corrected chi connectivity index (χ0v) is 18.1. The van der Waals surface area contributed by atoms with Gasteiger partial charge in [-0.1, -0.05) is 36.9 Å². The van der Waals surface area contributed by atoms with Crippen molar-refractivity contribution in [3.8, 4) is 11.5 Å². The Morgan fingerprint density at radius 2 is 1.35 bits per heavy atom. The Morgan fingerprint density at radius 1 is 0.774 bits per heavy atom. The van der Waals surface area contributed by atoms with Gasteiger partial charge in [0.2, 0.25) is 0 Å². The summed E-state index contributed by atoms with van der Waals surface area (Å²) in [7, 11) is 0. The Labute approximate surface area is 184 Å². The highest BCUT2D eigenvalue weighted by atomic mass is 16.7. The van der Waals surface area contributed by atoms with Crippen molar-refractivity contribution in [2.45, 2.75) is 64.3 Å². The van der Waals surface area contributed by atoms with Crippen LogP contribution in [0.25, 0.3) is 6.08 Å². The van der Waals surface area contributed by atoms with Crippen molar-refractivity contribution in [3.05, 3.63) is 65.7 Å². The highest BCUT2D eigenvalue weighted by Gasteiger charge is 2.19. The summed E-state index contributed by atoms with van der Waals surface area (Å²) in [6.07, 6.45) is 7.67. The van der Waals surface area contributed by atoms with Gasteiger partial charge in [-0.25, -0.2) is 0 Å². The average Bonchev–Trinajstić information content (AvgIpc) is 2.81. The summed E-state index contributed by atoms with van der Waals surface area (Å²) in [6, 6.07) is 14.1. The molecule has 0 aromatic heterocycles. The van der Waals surface area contributed by atoms with Crippen LogP contribution in [0.2, 0.25) is 0 Å². The lowest BCUT2D eigenvalue weighted by molar-refractivity contribution is -0.109. The van der Waals surface area contributed by atoms with Gasteiger partial charge >= 0.3 is 0 Å². The van der Waals surface area contributed by atoms with E-state index in [1.807, 2.05) is 36.4 Å². The van der Waals surface area contributed by atoms with Crippen LogP contribution in [-0.2, 0) is 27.4 Å². The standard InChI is InChI=1S/C26H32O5/c1-2-20-9-11-21(12-10-20)18-27-19-22-15-23(30-25-7-3-5-13-28-25)17-24(16-22)31-26-8-4-6-14-29-26/h2,9-12,15-17,25-26H,1,3-8,13-14,18-19H2.